The zero-order chi connectivity index (χ0) is 12.1. The van der Waals surface area contributed by atoms with Crippen molar-refractivity contribution in [3.63, 3.8) is 0 Å². The monoisotopic (exact) mass is 250 g/mol. The van der Waals surface area contributed by atoms with Crippen molar-refractivity contribution in [2.45, 2.75) is 44.6 Å². The fourth-order valence-corrected chi connectivity index (χ4v) is 5.95. The van der Waals surface area contributed by atoms with Crippen LogP contribution in [0, 0.1) is 35.5 Å². The molecule has 4 aliphatic carbocycles. The Bertz CT molecular complexity index is 286. The Balaban J connectivity index is 1.55. The molecule has 2 atom stereocenters. The van der Waals surface area contributed by atoms with Crippen LogP contribution in [0.3, 0.4) is 0 Å². The quantitative estimate of drug-likeness (QED) is 0.594. The normalized spacial score (nSPS) is 51.8. The first-order valence-electron chi connectivity index (χ1n) is 7.89. The standard InChI is InChI=1S/C15H26N2O/c16-17-15(11-1-2-18-8-11)14-12-4-9-3-10(6-12)7-13(14)5-9/h9-15,17H,1-8,16H2. The maximum Gasteiger partial charge on any atom is 0.0510 e. The molecule has 18 heavy (non-hydrogen) atoms. The van der Waals surface area contributed by atoms with Crippen molar-refractivity contribution in [3.8, 4) is 0 Å². The number of hydrogen-bond acceptors (Lipinski definition) is 3. The predicted molar refractivity (Wildman–Crippen MR) is 70.6 cm³/mol. The summed E-state index contributed by atoms with van der Waals surface area (Å²) in [5.41, 5.74) is 3.19. The molecule has 0 aromatic rings. The molecule has 1 heterocycles. The molecule has 3 nitrogen and oxygen atoms in total. The lowest BCUT2D eigenvalue weighted by Gasteiger charge is -2.57. The van der Waals surface area contributed by atoms with Gasteiger partial charge in [0.05, 0.1) is 6.61 Å². The van der Waals surface area contributed by atoms with Gasteiger partial charge in [-0.25, -0.2) is 0 Å². The molecular formula is C15H26N2O. The van der Waals surface area contributed by atoms with E-state index in [0.29, 0.717) is 12.0 Å². The highest BCUT2D eigenvalue weighted by molar-refractivity contribution is 5.02. The van der Waals surface area contributed by atoms with Crippen LogP contribution < -0.4 is 11.3 Å². The highest BCUT2D eigenvalue weighted by atomic mass is 16.5. The molecule has 0 spiro atoms. The van der Waals surface area contributed by atoms with Crippen molar-refractivity contribution in [3.05, 3.63) is 0 Å². The molecule has 5 aliphatic rings. The zero-order valence-corrected chi connectivity index (χ0v) is 11.2. The first-order valence-corrected chi connectivity index (χ1v) is 7.89. The lowest BCUT2D eigenvalue weighted by atomic mass is 9.50. The minimum atomic E-state index is 0.516. The molecule has 4 saturated carbocycles. The lowest BCUT2D eigenvalue weighted by Crippen LogP contribution is -2.57. The van der Waals surface area contributed by atoms with Crippen LogP contribution in [0.25, 0.3) is 0 Å². The molecule has 5 fully saturated rings. The molecule has 1 saturated heterocycles. The minimum Gasteiger partial charge on any atom is -0.381 e. The first kappa shape index (κ1) is 11.7. The first-order chi connectivity index (χ1) is 8.85. The molecule has 4 bridgehead atoms. The molecule has 0 aromatic heterocycles. The van der Waals surface area contributed by atoms with E-state index in [-0.39, 0.29) is 0 Å². The van der Waals surface area contributed by atoms with Gasteiger partial charge in [-0.05, 0) is 68.1 Å². The number of rotatable bonds is 3. The molecule has 5 rings (SSSR count). The summed E-state index contributed by atoms with van der Waals surface area (Å²) in [7, 11) is 0. The van der Waals surface area contributed by atoms with Gasteiger partial charge in [0.25, 0.3) is 0 Å². The third kappa shape index (κ3) is 1.75. The second kappa shape index (κ2) is 4.46. The summed E-state index contributed by atoms with van der Waals surface area (Å²) in [5, 5.41) is 0. The lowest BCUT2D eigenvalue weighted by molar-refractivity contribution is -0.0610. The van der Waals surface area contributed by atoms with Gasteiger partial charge >= 0.3 is 0 Å². The zero-order valence-electron chi connectivity index (χ0n) is 11.2. The summed E-state index contributed by atoms with van der Waals surface area (Å²) in [6.07, 6.45) is 8.70. The molecule has 1 aliphatic heterocycles. The maximum atomic E-state index is 5.93. The van der Waals surface area contributed by atoms with E-state index in [9.17, 15) is 0 Å². The maximum absolute atomic E-state index is 5.93. The Morgan fingerprint density at radius 3 is 2.17 bits per heavy atom. The van der Waals surface area contributed by atoms with Crippen LogP contribution in [0.5, 0.6) is 0 Å². The summed E-state index contributed by atoms with van der Waals surface area (Å²) in [5.74, 6) is 11.5. The Morgan fingerprint density at radius 2 is 1.67 bits per heavy atom. The largest absolute Gasteiger partial charge is 0.381 e. The van der Waals surface area contributed by atoms with E-state index in [1.807, 2.05) is 0 Å². The Kier molecular flexibility index (Phi) is 2.90. The van der Waals surface area contributed by atoms with E-state index in [4.69, 9.17) is 10.6 Å². The number of nitrogens with two attached hydrogens (primary N) is 1. The van der Waals surface area contributed by atoms with E-state index in [1.54, 1.807) is 0 Å². The molecule has 2 unspecified atom stereocenters. The molecular weight excluding hydrogens is 224 g/mol. The van der Waals surface area contributed by atoms with E-state index in [1.165, 1.54) is 38.5 Å². The molecule has 0 radical (unpaired) electrons. The summed E-state index contributed by atoms with van der Waals surface area (Å²) >= 11 is 0. The summed E-state index contributed by atoms with van der Waals surface area (Å²) in [6.45, 7) is 1.87. The molecule has 0 aromatic carbocycles. The van der Waals surface area contributed by atoms with Crippen molar-refractivity contribution in [2.75, 3.05) is 13.2 Å². The number of ether oxygens (including phenoxy) is 1. The van der Waals surface area contributed by atoms with Gasteiger partial charge in [-0.2, -0.15) is 0 Å². The second-order valence-electron chi connectivity index (χ2n) is 7.32. The molecule has 3 heteroatoms. The van der Waals surface area contributed by atoms with Crippen LogP contribution in [0.2, 0.25) is 0 Å². The topological polar surface area (TPSA) is 47.3 Å². The van der Waals surface area contributed by atoms with Crippen LogP contribution in [0.1, 0.15) is 38.5 Å². The number of hydrazine groups is 1. The van der Waals surface area contributed by atoms with Crippen LogP contribution in [0.15, 0.2) is 0 Å². The number of hydrogen-bond donors (Lipinski definition) is 2. The van der Waals surface area contributed by atoms with Gasteiger partial charge in [0.2, 0.25) is 0 Å². The van der Waals surface area contributed by atoms with E-state index in [0.717, 1.165) is 42.8 Å². The predicted octanol–water partition coefficient (Wildman–Crippen LogP) is 1.93. The molecule has 0 amide bonds. The third-order valence-electron chi connectivity index (χ3n) is 6.38. The Labute approximate surface area is 110 Å². The van der Waals surface area contributed by atoms with E-state index < -0.39 is 0 Å². The van der Waals surface area contributed by atoms with Crippen molar-refractivity contribution in [2.24, 2.45) is 41.4 Å². The van der Waals surface area contributed by atoms with Crippen LogP contribution in [-0.4, -0.2) is 19.3 Å². The van der Waals surface area contributed by atoms with Crippen LogP contribution in [0.4, 0.5) is 0 Å². The van der Waals surface area contributed by atoms with Crippen molar-refractivity contribution in [1.82, 2.24) is 5.43 Å². The van der Waals surface area contributed by atoms with E-state index in [2.05, 4.69) is 5.43 Å². The summed E-state index contributed by atoms with van der Waals surface area (Å²) in [6, 6.07) is 0.516. The average Bonchev–Trinajstić information content (AvgIpc) is 2.86. The van der Waals surface area contributed by atoms with Crippen molar-refractivity contribution < 1.29 is 4.74 Å². The van der Waals surface area contributed by atoms with Gasteiger partial charge in [-0.15, -0.1) is 0 Å². The number of nitrogens with one attached hydrogen (secondary N) is 1. The SMILES string of the molecule is NNC(C1CCOC1)C1C2CC3CC(C2)CC1C3. The fourth-order valence-electron chi connectivity index (χ4n) is 5.95. The highest BCUT2D eigenvalue weighted by Crippen LogP contribution is 2.58. The smallest absolute Gasteiger partial charge is 0.0510 e. The average molecular weight is 250 g/mol. The molecule has 3 N–H and O–H groups in total. The highest BCUT2D eigenvalue weighted by Gasteiger charge is 2.51. The van der Waals surface area contributed by atoms with Gasteiger partial charge in [-0.1, -0.05) is 0 Å². The van der Waals surface area contributed by atoms with Gasteiger partial charge < -0.3 is 4.74 Å². The summed E-state index contributed by atoms with van der Waals surface area (Å²) in [4.78, 5) is 0. The molecule has 102 valence electrons. The van der Waals surface area contributed by atoms with Gasteiger partial charge in [-0.3, -0.25) is 11.3 Å². The second-order valence-corrected chi connectivity index (χ2v) is 7.32. The fraction of sp³-hybridized carbons (Fsp3) is 1.00. The Morgan fingerprint density at radius 1 is 1.00 bits per heavy atom. The van der Waals surface area contributed by atoms with Gasteiger partial charge in [0.15, 0.2) is 0 Å². The van der Waals surface area contributed by atoms with Crippen LogP contribution >= 0.6 is 0 Å². The summed E-state index contributed by atoms with van der Waals surface area (Å²) < 4.78 is 5.59. The van der Waals surface area contributed by atoms with Crippen molar-refractivity contribution >= 4 is 0 Å². The van der Waals surface area contributed by atoms with Gasteiger partial charge in [0, 0.05) is 18.6 Å². The van der Waals surface area contributed by atoms with Gasteiger partial charge in [0.1, 0.15) is 0 Å². The third-order valence-corrected chi connectivity index (χ3v) is 6.38. The Hall–Kier alpha value is -0.120. The van der Waals surface area contributed by atoms with Crippen LogP contribution in [-0.2, 0) is 4.74 Å². The van der Waals surface area contributed by atoms with E-state index >= 15 is 0 Å². The minimum absolute atomic E-state index is 0.516. The van der Waals surface area contributed by atoms with Crippen molar-refractivity contribution in [1.29, 1.82) is 0 Å².